The lowest BCUT2D eigenvalue weighted by Crippen LogP contribution is -2.30. The summed E-state index contributed by atoms with van der Waals surface area (Å²) in [4.78, 5) is 29.9. The van der Waals surface area contributed by atoms with Crippen molar-refractivity contribution >= 4 is 33.4 Å². The van der Waals surface area contributed by atoms with E-state index in [9.17, 15) is 22.8 Å². The van der Waals surface area contributed by atoms with Crippen LogP contribution >= 0.6 is 11.3 Å². The minimum atomic E-state index is -4.48. The van der Waals surface area contributed by atoms with E-state index in [2.05, 4.69) is 4.98 Å². The maximum Gasteiger partial charge on any atom is 0.416 e. The fourth-order valence-corrected chi connectivity index (χ4v) is 3.42. The third-order valence-electron chi connectivity index (χ3n) is 3.91. The third-order valence-corrected chi connectivity index (χ3v) is 4.93. The number of nitrogens with zero attached hydrogens (tertiary/aromatic N) is 2. The molecular weight excluding hydrogens is 393 g/mol. The predicted molar refractivity (Wildman–Crippen MR) is 97.8 cm³/mol. The predicted octanol–water partition coefficient (Wildman–Crippen LogP) is 4.13. The maximum atomic E-state index is 12.5. The molecule has 0 N–H and O–H groups in total. The van der Waals surface area contributed by atoms with Crippen LogP contribution in [0.15, 0.2) is 48.5 Å². The van der Waals surface area contributed by atoms with Gasteiger partial charge in [-0.05, 0) is 36.4 Å². The molecule has 9 heteroatoms. The lowest BCUT2D eigenvalue weighted by molar-refractivity contribution is -0.137. The van der Waals surface area contributed by atoms with Crippen molar-refractivity contribution in [2.24, 2.45) is 0 Å². The molecule has 0 fully saturated rings. The first-order valence-electron chi connectivity index (χ1n) is 8.17. The molecule has 28 heavy (non-hydrogen) atoms. The summed E-state index contributed by atoms with van der Waals surface area (Å²) >= 11 is 1.46. The molecule has 0 bridgehead atoms. The Morgan fingerprint density at radius 3 is 2.43 bits per heavy atom. The smallest absolute Gasteiger partial charge is 0.416 e. The van der Waals surface area contributed by atoms with Crippen molar-refractivity contribution in [2.75, 3.05) is 13.7 Å². The van der Waals surface area contributed by atoms with Crippen LogP contribution in [0, 0.1) is 0 Å². The molecule has 3 rings (SSSR count). The quantitative estimate of drug-likeness (QED) is 0.596. The maximum absolute atomic E-state index is 12.5. The number of aromatic nitrogens is 1. The summed E-state index contributed by atoms with van der Waals surface area (Å²) in [6, 6.07) is 11.2. The van der Waals surface area contributed by atoms with Gasteiger partial charge in [0.1, 0.15) is 5.01 Å². The molecule has 146 valence electrons. The summed E-state index contributed by atoms with van der Waals surface area (Å²) in [6.45, 7) is -0.253. The monoisotopic (exact) mass is 408 g/mol. The van der Waals surface area contributed by atoms with Gasteiger partial charge in [0.05, 0.1) is 27.9 Å². The van der Waals surface area contributed by atoms with Gasteiger partial charge in [0.2, 0.25) is 0 Å². The molecule has 0 unspecified atom stereocenters. The number of rotatable bonds is 5. The standard InChI is InChI=1S/C19H15F3N2O3S/c1-24(10-16-23-14-4-2-3-5-15(14)28-16)17(25)11-27-18(26)12-6-8-13(9-7-12)19(20,21)22/h2-9H,10-11H2,1H3. The van der Waals surface area contributed by atoms with Crippen molar-refractivity contribution < 1.29 is 27.5 Å². The molecule has 5 nitrogen and oxygen atoms in total. The second-order valence-electron chi connectivity index (χ2n) is 5.98. The Bertz CT molecular complexity index is 967. The van der Waals surface area contributed by atoms with E-state index in [1.807, 2.05) is 24.3 Å². The molecule has 0 aliphatic heterocycles. The number of halogens is 3. The van der Waals surface area contributed by atoms with Gasteiger partial charge in [-0.15, -0.1) is 11.3 Å². The van der Waals surface area contributed by atoms with Crippen LogP contribution in [0.1, 0.15) is 20.9 Å². The SMILES string of the molecule is CN(Cc1nc2ccccc2s1)C(=O)COC(=O)c1ccc(C(F)(F)F)cc1. The summed E-state index contributed by atoms with van der Waals surface area (Å²) < 4.78 is 43.5. The molecule has 1 amide bonds. The Morgan fingerprint density at radius 1 is 1.11 bits per heavy atom. The average molecular weight is 408 g/mol. The van der Waals surface area contributed by atoms with Crippen LogP contribution in [0.2, 0.25) is 0 Å². The van der Waals surface area contributed by atoms with Gasteiger partial charge in [-0.1, -0.05) is 12.1 Å². The van der Waals surface area contributed by atoms with Gasteiger partial charge in [-0.25, -0.2) is 9.78 Å². The highest BCUT2D eigenvalue weighted by Gasteiger charge is 2.30. The number of esters is 1. The van der Waals surface area contributed by atoms with E-state index in [4.69, 9.17) is 4.74 Å². The molecule has 3 aromatic rings. The summed E-state index contributed by atoms with van der Waals surface area (Å²) in [5.74, 6) is -1.31. The lowest BCUT2D eigenvalue weighted by Gasteiger charge is -2.15. The highest BCUT2D eigenvalue weighted by Crippen LogP contribution is 2.29. The van der Waals surface area contributed by atoms with Gasteiger partial charge >= 0.3 is 12.1 Å². The molecule has 0 aliphatic rings. The number of ether oxygens (including phenoxy) is 1. The fourth-order valence-electron chi connectivity index (χ4n) is 2.39. The van der Waals surface area contributed by atoms with E-state index in [-0.39, 0.29) is 12.1 Å². The number of para-hydroxylation sites is 1. The van der Waals surface area contributed by atoms with Crippen LogP contribution in [0.5, 0.6) is 0 Å². The van der Waals surface area contributed by atoms with E-state index in [0.717, 1.165) is 39.5 Å². The number of likely N-dealkylation sites (N-methyl/N-ethyl adjacent to an activating group) is 1. The number of thiazole rings is 1. The van der Waals surface area contributed by atoms with E-state index >= 15 is 0 Å². The molecule has 1 heterocycles. The molecular formula is C19H15F3N2O3S. The van der Waals surface area contributed by atoms with Gasteiger partial charge in [0.15, 0.2) is 6.61 Å². The Labute approximate surface area is 162 Å². The van der Waals surface area contributed by atoms with E-state index in [1.165, 1.54) is 16.2 Å². The highest BCUT2D eigenvalue weighted by atomic mass is 32.1. The van der Waals surface area contributed by atoms with Gasteiger partial charge in [-0.2, -0.15) is 13.2 Å². The lowest BCUT2D eigenvalue weighted by atomic mass is 10.1. The summed E-state index contributed by atoms with van der Waals surface area (Å²) in [7, 11) is 1.56. The number of benzene rings is 2. The van der Waals surface area contributed by atoms with Crippen molar-refractivity contribution in [1.82, 2.24) is 9.88 Å². The van der Waals surface area contributed by atoms with Crippen molar-refractivity contribution in [3.63, 3.8) is 0 Å². The highest BCUT2D eigenvalue weighted by molar-refractivity contribution is 7.18. The molecule has 1 aromatic heterocycles. The zero-order valence-electron chi connectivity index (χ0n) is 14.7. The van der Waals surface area contributed by atoms with E-state index in [1.54, 1.807) is 7.05 Å². The number of carbonyl (C=O) groups excluding carboxylic acids is 2. The molecule has 0 atom stereocenters. The molecule has 0 saturated heterocycles. The number of amides is 1. The van der Waals surface area contributed by atoms with Gasteiger partial charge < -0.3 is 9.64 Å². The first-order valence-corrected chi connectivity index (χ1v) is 8.98. The normalized spacial score (nSPS) is 11.4. The minimum Gasteiger partial charge on any atom is -0.452 e. The topological polar surface area (TPSA) is 59.5 Å². The van der Waals surface area contributed by atoms with Gasteiger partial charge in [0, 0.05) is 7.05 Å². The van der Waals surface area contributed by atoms with Crippen LogP contribution in [0.3, 0.4) is 0 Å². The third kappa shape index (κ3) is 4.66. The Morgan fingerprint density at radius 2 is 1.79 bits per heavy atom. The minimum absolute atomic E-state index is 0.0605. The van der Waals surface area contributed by atoms with E-state index < -0.39 is 30.2 Å². The number of hydrogen-bond donors (Lipinski definition) is 0. The van der Waals surface area contributed by atoms with Gasteiger partial charge in [-0.3, -0.25) is 4.79 Å². The van der Waals surface area contributed by atoms with Crippen LogP contribution in [-0.2, 0) is 22.3 Å². The van der Waals surface area contributed by atoms with Crippen molar-refractivity contribution in [3.8, 4) is 0 Å². The average Bonchev–Trinajstić information content (AvgIpc) is 3.07. The zero-order chi connectivity index (χ0) is 20.3. The summed E-state index contributed by atoms with van der Waals surface area (Å²) in [6.07, 6.45) is -4.48. The van der Waals surface area contributed by atoms with Crippen LogP contribution in [0.4, 0.5) is 13.2 Å². The molecule has 0 saturated carbocycles. The largest absolute Gasteiger partial charge is 0.452 e. The molecule has 0 aliphatic carbocycles. The molecule has 2 aromatic carbocycles. The number of fused-ring (bicyclic) bond motifs is 1. The second-order valence-corrected chi connectivity index (χ2v) is 7.09. The van der Waals surface area contributed by atoms with Crippen LogP contribution < -0.4 is 0 Å². The molecule has 0 radical (unpaired) electrons. The Hall–Kier alpha value is -2.94. The van der Waals surface area contributed by atoms with Crippen LogP contribution in [-0.4, -0.2) is 35.4 Å². The Kier molecular flexibility index (Phi) is 5.64. The summed E-state index contributed by atoms with van der Waals surface area (Å²) in [5, 5.41) is 0.742. The number of carbonyl (C=O) groups is 2. The molecule has 0 spiro atoms. The number of alkyl halides is 3. The van der Waals surface area contributed by atoms with Gasteiger partial charge in [0.25, 0.3) is 5.91 Å². The second kappa shape index (κ2) is 7.97. The number of hydrogen-bond acceptors (Lipinski definition) is 5. The first kappa shape index (κ1) is 19.8. The van der Waals surface area contributed by atoms with Crippen molar-refractivity contribution in [3.05, 3.63) is 64.7 Å². The van der Waals surface area contributed by atoms with Crippen LogP contribution in [0.25, 0.3) is 10.2 Å². The summed E-state index contributed by atoms with van der Waals surface area (Å²) in [5.41, 5.74) is -0.0811. The van der Waals surface area contributed by atoms with Crippen molar-refractivity contribution in [2.45, 2.75) is 12.7 Å². The fraction of sp³-hybridized carbons (Fsp3) is 0.211. The van der Waals surface area contributed by atoms with E-state index in [0.29, 0.717) is 0 Å². The Balaban J connectivity index is 1.54. The zero-order valence-corrected chi connectivity index (χ0v) is 15.5. The first-order chi connectivity index (χ1) is 13.2. The van der Waals surface area contributed by atoms with Crippen molar-refractivity contribution in [1.29, 1.82) is 0 Å².